The summed E-state index contributed by atoms with van der Waals surface area (Å²) in [5.41, 5.74) is 1.00. The normalized spacial score (nSPS) is 19.6. The highest BCUT2D eigenvalue weighted by atomic mass is 19.1. The maximum absolute atomic E-state index is 13.7. The first-order valence-corrected chi connectivity index (χ1v) is 5.46. The van der Waals surface area contributed by atoms with E-state index in [1.54, 1.807) is 0 Å². The Labute approximate surface area is 94.3 Å². The summed E-state index contributed by atoms with van der Waals surface area (Å²) >= 11 is 0. The van der Waals surface area contributed by atoms with Gasteiger partial charge in [0.2, 0.25) is 0 Å². The molecule has 1 aromatic rings. The Morgan fingerprint density at radius 3 is 2.69 bits per heavy atom. The standard InChI is InChI=1S/C12H16F2N2/c1-7(2)11-6-15-10-5-8(13)4-9(14)12(10)16(11)3/h4-5,7,11,15H,6H2,1-3H3. The van der Waals surface area contributed by atoms with E-state index in [9.17, 15) is 8.78 Å². The van der Waals surface area contributed by atoms with Gasteiger partial charge in [-0.05, 0) is 12.0 Å². The van der Waals surface area contributed by atoms with Crippen molar-refractivity contribution in [2.45, 2.75) is 19.9 Å². The van der Waals surface area contributed by atoms with Crippen LogP contribution in [0.25, 0.3) is 0 Å². The summed E-state index contributed by atoms with van der Waals surface area (Å²) < 4.78 is 26.7. The van der Waals surface area contributed by atoms with Gasteiger partial charge < -0.3 is 10.2 Å². The van der Waals surface area contributed by atoms with Gasteiger partial charge in [-0.3, -0.25) is 0 Å². The highest BCUT2D eigenvalue weighted by Gasteiger charge is 2.28. The second kappa shape index (κ2) is 3.92. The van der Waals surface area contributed by atoms with Gasteiger partial charge in [0, 0.05) is 25.7 Å². The third-order valence-electron chi connectivity index (χ3n) is 3.15. The van der Waals surface area contributed by atoms with Crippen molar-refractivity contribution >= 4 is 11.4 Å². The minimum absolute atomic E-state index is 0.229. The largest absolute Gasteiger partial charge is 0.381 e. The molecule has 1 N–H and O–H groups in total. The molecule has 0 bridgehead atoms. The van der Waals surface area contributed by atoms with Crippen LogP contribution in [0, 0.1) is 17.6 Å². The van der Waals surface area contributed by atoms with Crippen molar-refractivity contribution in [1.82, 2.24) is 0 Å². The number of halogens is 2. The Morgan fingerprint density at radius 2 is 2.06 bits per heavy atom. The average molecular weight is 226 g/mol. The van der Waals surface area contributed by atoms with Crippen LogP contribution in [0.15, 0.2) is 12.1 Å². The van der Waals surface area contributed by atoms with Crippen LogP contribution in [0.4, 0.5) is 20.2 Å². The molecule has 16 heavy (non-hydrogen) atoms. The van der Waals surface area contributed by atoms with E-state index in [1.807, 2.05) is 11.9 Å². The molecule has 0 saturated carbocycles. The number of nitrogens with zero attached hydrogens (tertiary/aromatic N) is 1. The molecule has 1 aliphatic heterocycles. The van der Waals surface area contributed by atoms with Crippen molar-refractivity contribution in [2.75, 3.05) is 23.8 Å². The van der Waals surface area contributed by atoms with Crippen molar-refractivity contribution < 1.29 is 8.78 Å². The lowest BCUT2D eigenvalue weighted by Crippen LogP contribution is -2.45. The number of hydrogen-bond acceptors (Lipinski definition) is 2. The third kappa shape index (κ3) is 1.72. The fraction of sp³-hybridized carbons (Fsp3) is 0.500. The van der Waals surface area contributed by atoms with Crippen LogP contribution in [-0.4, -0.2) is 19.6 Å². The summed E-state index contributed by atoms with van der Waals surface area (Å²) in [6, 6.07) is 2.50. The number of hydrogen-bond donors (Lipinski definition) is 1. The first-order valence-electron chi connectivity index (χ1n) is 5.46. The van der Waals surface area contributed by atoms with Gasteiger partial charge in [0.05, 0.1) is 11.4 Å². The van der Waals surface area contributed by atoms with Crippen LogP contribution in [0.1, 0.15) is 13.8 Å². The van der Waals surface area contributed by atoms with E-state index in [2.05, 4.69) is 19.2 Å². The van der Waals surface area contributed by atoms with Gasteiger partial charge in [-0.25, -0.2) is 8.78 Å². The molecule has 0 aliphatic carbocycles. The fourth-order valence-electron chi connectivity index (χ4n) is 2.26. The maximum Gasteiger partial charge on any atom is 0.151 e. The number of anilines is 2. The van der Waals surface area contributed by atoms with Crippen LogP contribution in [0.5, 0.6) is 0 Å². The van der Waals surface area contributed by atoms with Gasteiger partial charge in [-0.15, -0.1) is 0 Å². The van der Waals surface area contributed by atoms with Crippen LogP contribution >= 0.6 is 0 Å². The summed E-state index contributed by atoms with van der Waals surface area (Å²) in [7, 11) is 1.85. The molecular formula is C12H16F2N2. The van der Waals surface area contributed by atoms with E-state index in [-0.39, 0.29) is 6.04 Å². The molecular weight excluding hydrogens is 210 g/mol. The molecule has 1 heterocycles. The van der Waals surface area contributed by atoms with E-state index in [0.717, 1.165) is 6.07 Å². The minimum Gasteiger partial charge on any atom is -0.381 e. The minimum atomic E-state index is -0.542. The van der Waals surface area contributed by atoms with Crippen LogP contribution in [0.3, 0.4) is 0 Å². The van der Waals surface area contributed by atoms with E-state index in [0.29, 0.717) is 23.8 Å². The summed E-state index contributed by atoms with van der Waals surface area (Å²) in [5, 5.41) is 3.08. The first-order chi connectivity index (χ1) is 7.50. The molecule has 0 amide bonds. The zero-order valence-electron chi connectivity index (χ0n) is 9.72. The van der Waals surface area contributed by atoms with E-state index >= 15 is 0 Å². The van der Waals surface area contributed by atoms with Crippen molar-refractivity contribution in [3.05, 3.63) is 23.8 Å². The van der Waals surface area contributed by atoms with Crippen LogP contribution in [-0.2, 0) is 0 Å². The number of likely N-dealkylation sites (N-methyl/N-ethyl adjacent to an activating group) is 1. The Morgan fingerprint density at radius 1 is 1.38 bits per heavy atom. The molecule has 2 nitrogen and oxygen atoms in total. The van der Waals surface area contributed by atoms with Gasteiger partial charge in [0.15, 0.2) is 5.82 Å². The molecule has 0 fully saturated rings. The fourth-order valence-corrected chi connectivity index (χ4v) is 2.26. The smallest absolute Gasteiger partial charge is 0.151 e. The maximum atomic E-state index is 13.7. The Bertz CT molecular complexity index is 404. The molecule has 1 aliphatic rings. The number of nitrogens with one attached hydrogen (secondary N) is 1. The highest BCUT2D eigenvalue weighted by Crippen LogP contribution is 2.35. The predicted molar refractivity (Wildman–Crippen MR) is 61.9 cm³/mol. The zero-order chi connectivity index (χ0) is 11.9. The van der Waals surface area contributed by atoms with Gasteiger partial charge in [0.25, 0.3) is 0 Å². The predicted octanol–water partition coefficient (Wildman–Crippen LogP) is 2.85. The Kier molecular flexibility index (Phi) is 2.74. The second-order valence-corrected chi connectivity index (χ2v) is 4.59. The molecule has 0 aromatic heterocycles. The molecule has 0 radical (unpaired) electrons. The quantitative estimate of drug-likeness (QED) is 0.792. The van der Waals surface area contributed by atoms with Crippen molar-refractivity contribution in [3.63, 3.8) is 0 Å². The summed E-state index contributed by atoms with van der Waals surface area (Å²) in [6.45, 7) is 4.90. The average Bonchev–Trinajstić information content (AvgIpc) is 2.15. The molecule has 2 rings (SSSR count). The summed E-state index contributed by atoms with van der Waals surface area (Å²) in [5.74, 6) is -0.634. The van der Waals surface area contributed by atoms with Gasteiger partial charge in [0.1, 0.15) is 5.82 Å². The molecule has 1 unspecified atom stereocenters. The summed E-state index contributed by atoms with van der Waals surface area (Å²) in [6.07, 6.45) is 0. The highest BCUT2D eigenvalue weighted by molar-refractivity contribution is 5.73. The molecule has 1 aromatic carbocycles. The monoisotopic (exact) mass is 226 g/mol. The second-order valence-electron chi connectivity index (χ2n) is 4.59. The molecule has 1 atom stereocenters. The van der Waals surface area contributed by atoms with E-state index in [4.69, 9.17) is 0 Å². The number of benzene rings is 1. The third-order valence-corrected chi connectivity index (χ3v) is 3.15. The van der Waals surface area contributed by atoms with Crippen LogP contribution < -0.4 is 10.2 Å². The van der Waals surface area contributed by atoms with E-state index in [1.165, 1.54) is 6.07 Å². The lowest BCUT2D eigenvalue weighted by molar-refractivity contribution is 0.472. The Balaban J connectivity index is 2.44. The first kappa shape index (κ1) is 11.2. The van der Waals surface area contributed by atoms with E-state index < -0.39 is 11.6 Å². The van der Waals surface area contributed by atoms with Crippen molar-refractivity contribution in [2.24, 2.45) is 5.92 Å². The number of rotatable bonds is 1. The molecule has 0 spiro atoms. The number of fused-ring (bicyclic) bond motifs is 1. The van der Waals surface area contributed by atoms with Gasteiger partial charge >= 0.3 is 0 Å². The van der Waals surface area contributed by atoms with Crippen molar-refractivity contribution in [3.8, 4) is 0 Å². The van der Waals surface area contributed by atoms with Crippen molar-refractivity contribution in [1.29, 1.82) is 0 Å². The molecule has 88 valence electrons. The van der Waals surface area contributed by atoms with Gasteiger partial charge in [-0.1, -0.05) is 13.8 Å². The zero-order valence-corrected chi connectivity index (χ0v) is 9.72. The topological polar surface area (TPSA) is 15.3 Å². The Hall–Kier alpha value is -1.32. The molecule has 0 saturated heterocycles. The lowest BCUT2D eigenvalue weighted by Gasteiger charge is -2.39. The summed E-state index contributed by atoms with van der Waals surface area (Å²) in [4.78, 5) is 1.89. The van der Waals surface area contributed by atoms with Crippen LogP contribution in [0.2, 0.25) is 0 Å². The lowest BCUT2D eigenvalue weighted by atomic mass is 9.99. The SMILES string of the molecule is CC(C)C1CNc2cc(F)cc(F)c2N1C. The van der Waals surface area contributed by atoms with Gasteiger partial charge in [-0.2, -0.15) is 0 Å². The molecule has 4 heteroatoms.